The summed E-state index contributed by atoms with van der Waals surface area (Å²) in [7, 11) is 0. The molecule has 1 aromatic heterocycles. The fourth-order valence-electron chi connectivity index (χ4n) is 6.49. The lowest BCUT2D eigenvalue weighted by Gasteiger charge is -2.41. The van der Waals surface area contributed by atoms with Gasteiger partial charge in [0, 0.05) is 35.9 Å². The highest BCUT2D eigenvalue weighted by Crippen LogP contribution is 2.46. The van der Waals surface area contributed by atoms with Gasteiger partial charge in [-0.15, -0.1) is 0 Å². The van der Waals surface area contributed by atoms with Gasteiger partial charge in [-0.25, -0.2) is 4.79 Å². The molecule has 0 bridgehead atoms. The number of benzene rings is 3. The van der Waals surface area contributed by atoms with Crippen LogP contribution in [0.2, 0.25) is 0 Å². The number of rotatable bonds is 5. The summed E-state index contributed by atoms with van der Waals surface area (Å²) < 4.78 is 5.94. The van der Waals surface area contributed by atoms with Gasteiger partial charge in [-0.3, -0.25) is 4.79 Å². The number of carbonyl (C=O) groups excluding carboxylic acids is 1. The lowest BCUT2D eigenvalue weighted by atomic mass is 9.86. The zero-order valence-electron chi connectivity index (χ0n) is 21.7. The van der Waals surface area contributed by atoms with Crippen LogP contribution >= 0.6 is 0 Å². The summed E-state index contributed by atoms with van der Waals surface area (Å²) >= 11 is 0. The van der Waals surface area contributed by atoms with E-state index >= 15 is 0 Å². The summed E-state index contributed by atoms with van der Waals surface area (Å²) in [6, 6.07) is 16.7. The van der Waals surface area contributed by atoms with Crippen molar-refractivity contribution in [3.8, 4) is 11.3 Å². The normalized spacial score (nSPS) is 17.8. The lowest BCUT2D eigenvalue weighted by Crippen LogP contribution is -2.46. The largest absolute Gasteiger partial charge is 0.478 e. The third kappa shape index (κ3) is 4.06. The minimum atomic E-state index is -0.978. The highest BCUT2D eigenvalue weighted by Gasteiger charge is 2.35. The van der Waals surface area contributed by atoms with Gasteiger partial charge in [-0.05, 0) is 69.1 Å². The van der Waals surface area contributed by atoms with E-state index in [0.717, 1.165) is 42.6 Å². The Bertz CT molecular complexity index is 1580. The summed E-state index contributed by atoms with van der Waals surface area (Å²) in [5.41, 5.74) is 5.13. The number of hydrogen-bond donors (Lipinski definition) is 2. The molecule has 3 aliphatic rings. The van der Waals surface area contributed by atoms with E-state index in [4.69, 9.17) is 4.52 Å². The van der Waals surface area contributed by atoms with Crippen molar-refractivity contribution in [2.24, 2.45) is 0 Å². The Morgan fingerprint density at radius 2 is 1.67 bits per heavy atom. The Balaban J connectivity index is 1.30. The molecule has 0 spiro atoms. The molecule has 8 nitrogen and oxygen atoms in total. The van der Waals surface area contributed by atoms with Crippen molar-refractivity contribution in [2.75, 3.05) is 36.4 Å². The number of nitrogens with one attached hydrogen (secondary N) is 1. The number of nitrogens with zero attached hydrogens (tertiary/aromatic N) is 3. The van der Waals surface area contributed by atoms with Crippen LogP contribution in [0.3, 0.4) is 0 Å². The number of ketones is 1. The molecule has 39 heavy (non-hydrogen) atoms. The first-order valence-electron chi connectivity index (χ1n) is 13.8. The molecule has 0 radical (unpaired) electrons. The molecule has 3 heterocycles. The van der Waals surface area contributed by atoms with Crippen LogP contribution < -0.4 is 10.2 Å². The molecule has 4 aromatic rings. The topological polar surface area (TPSA) is 98.9 Å². The van der Waals surface area contributed by atoms with Crippen LogP contribution in [0.4, 0.5) is 17.1 Å². The second kappa shape index (κ2) is 9.54. The first kappa shape index (κ1) is 23.9. The van der Waals surface area contributed by atoms with Gasteiger partial charge in [0.2, 0.25) is 0 Å². The van der Waals surface area contributed by atoms with E-state index in [0.29, 0.717) is 39.8 Å². The standard InChI is InChI=1S/C31H30N4O4/c36-29-22-6-2-3-7-23(22)30-27-26(29)24(32-20-10-8-19(9-11-20)31(37)38)18-25(28(27)33-39-30)35-16-12-21(13-17-35)34-14-4-1-5-15-34/h2-3,6-11,18,21,32H,1,4-5,12-17H2,(H,37,38). The fourth-order valence-corrected chi connectivity index (χ4v) is 6.49. The van der Waals surface area contributed by atoms with Crippen molar-refractivity contribution in [1.29, 1.82) is 0 Å². The summed E-state index contributed by atoms with van der Waals surface area (Å²) in [5, 5.41) is 18.0. The molecule has 1 aliphatic carbocycles. The number of aromatic nitrogens is 1. The van der Waals surface area contributed by atoms with Crippen molar-refractivity contribution >= 4 is 39.7 Å². The SMILES string of the molecule is O=C(O)c1ccc(Nc2cc(N3CCC(N4CCCCC4)CC3)c3noc4c3c2C(=O)c2ccccc2-4)cc1. The first-order chi connectivity index (χ1) is 19.1. The van der Waals surface area contributed by atoms with Crippen molar-refractivity contribution in [3.63, 3.8) is 0 Å². The third-order valence-electron chi connectivity index (χ3n) is 8.50. The van der Waals surface area contributed by atoms with Crippen LogP contribution in [0.25, 0.3) is 22.2 Å². The zero-order valence-corrected chi connectivity index (χ0v) is 21.7. The molecule has 7 rings (SSSR count). The molecule has 0 saturated carbocycles. The van der Waals surface area contributed by atoms with Crippen molar-refractivity contribution in [1.82, 2.24) is 10.1 Å². The molecule has 2 N–H and O–H groups in total. The smallest absolute Gasteiger partial charge is 0.335 e. The number of hydrogen-bond acceptors (Lipinski definition) is 7. The number of likely N-dealkylation sites (tertiary alicyclic amines) is 1. The number of fused-ring (bicyclic) bond motifs is 2. The molecule has 0 amide bonds. The average molecular weight is 523 g/mol. The molecule has 0 unspecified atom stereocenters. The number of aromatic carboxylic acids is 1. The summed E-state index contributed by atoms with van der Waals surface area (Å²) in [5.74, 6) is -0.440. The number of carbonyl (C=O) groups is 2. The predicted octanol–water partition coefficient (Wildman–Crippen LogP) is 5.94. The van der Waals surface area contributed by atoms with E-state index in [-0.39, 0.29) is 11.3 Å². The summed E-state index contributed by atoms with van der Waals surface area (Å²) in [6.45, 7) is 4.23. The molecular formula is C31H30N4O4. The number of carboxylic acids is 1. The van der Waals surface area contributed by atoms with Gasteiger partial charge in [-0.1, -0.05) is 35.8 Å². The average Bonchev–Trinajstić information content (AvgIpc) is 3.42. The highest BCUT2D eigenvalue weighted by molar-refractivity contribution is 6.28. The number of anilines is 3. The minimum Gasteiger partial charge on any atom is -0.478 e. The van der Waals surface area contributed by atoms with Crippen LogP contribution in [0, 0.1) is 0 Å². The maximum absolute atomic E-state index is 13.8. The van der Waals surface area contributed by atoms with Gasteiger partial charge in [0.15, 0.2) is 11.5 Å². The van der Waals surface area contributed by atoms with E-state index in [9.17, 15) is 14.7 Å². The van der Waals surface area contributed by atoms with E-state index in [1.807, 2.05) is 30.3 Å². The molecule has 2 aliphatic heterocycles. The van der Waals surface area contributed by atoms with Gasteiger partial charge < -0.3 is 24.7 Å². The second-order valence-electron chi connectivity index (χ2n) is 10.8. The zero-order chi connectivity index (χ0) is 26.5. The molecule has 2 saturated heterocycles. The molecule has 2 fully saturated rings. The molecule has 0 atom stereocenters. The highest BCUT2D eigenvalue weighted by atomic mass is 16.5. The summed E-state index contributed by atoms with van der Waals surface area (Å²) in [4.78, 5) is 30.2. The van der Waals surface area contributed by atoms with E-state index < -0.39 is 5.97 Å². The quantitative estimate of drug-likeness (QED) is 0.293. The maximum Gasteiger partial charge on any atom is 0.335 e. The van der Waals surface area contributed by atoms with Gasteiger partial charge >= 0.3 is 5.97 Å². The summed E-state index contributed by atoms with van der Waals surface area (Å²) in [6.07, 6.45) is 6.11. The number of piperidine rings is 2. The Labute approximate surface area is 226 Å². The van der Waals surface area contributed by atoms with Crippen molar-refractivity contribution in [3.05, 3.63) is 71.3 Å². The van der Waals surface area contributed by atoms with Gasteiger partial charge in [0.25, 0.3) is 0 Å². The molecule has 8 heteroatoms. The fraction of sp³-hybridized carbons (Fsp3) is 0.323. The Morgan fingerprint density at radius 3 is 2.38 bits per heavy atom. The Morgan fingerprint density at radius 1 is 0.949 bits per heavy atom. The van der Waals surface area contributed by atoms with Crippen LogP contribution in [-0.4, -0.2) is 59.1 Å². The van der Waals surface area contributed by atoms with Crippen molar-refractivity contribution < 1.29 is 19.2 Å². The lowest BCUT2D eigenvalue weighted by molar-refractivity contribution is 0.0696. The van der Waals surface area contributed by atoms with Crippen LogP contribution in [0.15, 0.2) is 59.1 Å². The van der Waals surface area contributed by atoms with E-state index in [2.05, 4.69) is 20.3 Å². The molecular weight excluding hydrogens is 492 g/mol. The maximum atomic E-state index is 13.8. The van der Waals surface area contributed by atoms with Crippen molar-refractivity contribution in [2.45, 2.75) is 38.1 Å². The van der Waals surface area contributed by atoms with E-state index in [1.165, 1.54) is 32.4 Å². The van der Waals surface area contributed by atoms with Crippen LogP contribution in [0.1, 0.15) is 58.4 Å². The minimum absolute atomic E-state index is 0.0775. The van der Waals surface area contributed by atoms with Gasteiger partial charge in [-0.2, -0.15) is 0 Å². The number of carboxylic acid groups (broad SMARTS) is 1. The van der Waals surface area contributed by atoms with Gasteiger partial charge in [0.05, 0.1) is 27.9 Å². The predicted molar refractivity (Wildman–Crippen MR) is 150 cm³/mol. The monoisotopic (exact) mass is 522 g/mol. The third-order valence-corrected chi connectivity index (χ3v) is 8.50. The second-order valence-corrected chi connectivity index (χ2v) is 10.8. The Kier molecular flexibility index (Phi) is 5.85. The van der Waals surface area contributed by atoms with Crippen LogP contribution in [-0.2, 0) is 0 Å². The van der Waals surface area contributed by atoms with Crippen LogP contribution in [0.5, 0.6) is 0 Å². The van der Waals surface area contributed by atoms with Gasteiger partial charge in [0.1, 0.15) is 5.52 Å². The molecule has 3 aromatic carbocycles. The molecule has 198 valence electrons. The van der Waals surface area contributed by atoms with E-state index in [1.54, 1.807) is 24.3 Å². The Hall–Kier alpha value is -4.17. The first-order valence-corrected chi connectivity index (χ1v) is 13.8.